The smallest absolute Gasteiger partial charge is 0.130 e. The van der Waals surface area contributed by atoms with Crippen LogP contribution in [0.5, 0.6) is 0 Å². The largest absolute Gasteiger partial charge is 0.292 e. The molecule has 1 nitrogen and oxygen atoms in total. The molecule has 2 aromatic carbocycles. The zero-order chi connectivity index (χ0) is 14.8. The van der Waals surface area contributed by atoms with Gasteiger partial charge in [-0.25, -0.2) is 8.78 Å². The summed E-state index contributed by atoms with van der Waals surface area (Å²) in [5.74, 6) is -1.01. The summed E-state index contributed by atoms with van der Waals surface area (Å²) in [5, 5.41) is 0.716. The highest BCUT2D eigenvalue weighted by molar-refractivity contribution is 6.30. The number of benzene rings is 2. The molecule has 1 heterocycles. The summed E-state index contributed by atoms with van der Waals surface area (Å²) >= 11 is 5.92. The van der Waals surface area contributed by atoms with Gasteiger partial charge in [0.25, 0.3) is 0 Å². The maximum absolute atomic E-state index is 13.8. The van der Waals surface area contributed by atoms with Crippen LogP contribution >= 0.6 is 11.6 Å². The molecule has 0 radical (unpaired) electrons. The fraction of sp³-hybridized carbons (Fsp3) is 0.294. The lowest BCUT2D eigenvalue weighted by molar-refractivity contribution is 0.245. The van der Waals surface area contributed by atoms with Crippen LogP contribution in [-0.2, 0) is 6.54 Å². The molecule has 0 amide bonds. The van der Waals surface area contributed by atoms with E-state index in [2.05, 4.69) is 4.90 Å². The molecular weight excluding hydrogens is 292 g/mol. The Bertz CT molecular complexity index is 627. The molecule has 1 atom stereocenters. The van der Waals surface area contributed by atoms with Gasteiger partial charge in [-0.05, 0) is 43.1 Å². The molecular formula is C17H16ClF2N. The molecule has 0 bridgehead atoms. The van der Waals surface area contributed by atoms with E-state index in [0.717, 1.165) is 25.5 Å². The highest BCUT2D eigenvalue weighted by Crippen LogP contribution is 2.33. The maximum Gasteiger partial charge on any atom is 0.130 e. The van der Waals surface area contributed by atoms with Crippen LogP contribution in [0, 0.1) is 11.6 Å². The summed E-state index contributed by atoms with van der Waals surface area (Å²) in [7, 11) is 0. The van der Waals surface area contributed by atoms with Gasteiger partial charge in [-0.3, -0.25) is 4.90 Å². The van der Waals surface area contributed by atoms with Gasteiger partial charge in [0.1, 0.15) is 11.6 Å². The average molecular weight is 308 g/mol. The molecule has 21 heavy (non-hydrogen) atoms. The predicted octanol–water partition coefficient (Wildman–Crippen LogP) is 4.96. The summed E-state index contributed by atoms with van der Waals surface area (Å²) in [6, 6.07) is 11.9. The van der Waals surface area contributed by atoms with Crippen molar-refractivity contribution in [1.29, 1.82) is 0 Å². The van der Waals surface area contributed by atoms with Gasteiger partial charge in [0.15, 0.2) is 0 Å². The summed E-state index contributed by atoms with van der Waals surface area (Å²) in [4.78, 5) is 2.24. The number of hydrogen-bond acceptors (Lipinski definition) is 1. The minimum atomic E-state index is -0.535. The fourth-order valence-electron chi connectivity index (χ4n) is 2.95. The molecule has 1 saturated heterocycles. The number of hydrogen-bond donors (Lipinski definition) is 0. The van der Waals surface area contributed by atoms with E-state index in [-0.39, 0.29) is 6.04 Å². The van der Waals surface area contributed by atoms with Gasteiger partial charge in [-0.1, -0.05) is 29.8 Å². The van der Waals surface area contributed by atoms with Crippen LogP contribution in [0.25, 0.3) is 0 Å². The van der Waals surface area contributed by atoms with Crippen LogP contribution in [0.1, 0.15) is 30.0 Å². The Morgan fingerprint density at radius 3 is 2.57 bits per heavy atom. The molecule has 1 aliphatic heterocycles. The molecule has 2 aromatic rings. The van der Waals surface area contributed by atoms with Crippen molar-refractivity contribution in [1.82, 2.24) is 4.90 Å². The molecule has 0 aliphatic carbocycles. The maximum atomic E-state index is 13.8. The first-order valence-electron chi connectivity index (χ1n) is 7.07. The Morgan fingerprint density at radius 1 is 1.10 bits per heavy atom. The lowest BCUT2D eigenvalue weighted by Gasteiger charge is -2.25. The summed E-state index contributed by atoms with van der Waals surface area (Å²) < 4.78 is 26.8. The monoisotopic (exact) mass is 307 g/mol. The van der Waals surface area contributed by atoms with E-state index in [9.17, 15) is 8.78 Å². The second-order valence-electron chi connectivity index (χ2n) is 5.42. The second-order valence-corrected chi connectivity index (χ2v) is 5.85. The van der Waals surface area contributed by atoms with Crippen LogP contribution < -0.4 is 0 Å². The van der Waals surface area contributed by atoms with Crippen molar-refractivity contribution >= 4 is 11.6 Å². The van der Waals surface area contributed by atoms with Gasteiger partial charge in [-0.2, -0.15) is 0 Å². The molecule has 4 heteroatoms. The molecule has 0 saturated carbocycles. The van der Waals surface area contributed by atoms with Crippen LogP contribution in [0.4, 0.5) is 8.78 Å². The second kappa shape index (κ2) is 6.12. The van der Waals surface area contributed by atoms with E-state index < -0.39 is 11.6 Å². The highest BCUT2D eigenvalue weighted by atomic mass is 35.5. The van der Waals surface area contributed by atoms with E-state index >= 15 is 0 Å². The Kier molecular flexibility index (Phi) is 4.22. The van der Waals surface area contributed by atoms with Crippen molar-refractivity contribution in [3.8, 4) is 0 Å². The van der Waals surface area contributed by atoms with Crippen molar-refractivity contribution in [3.05, 3.63) is 70.2 Å². The first-order chi connectivity index (χ1) is 10.1. The molecule has 0 unspecified atom stereocenters. The number of nitrogens with zero attached hydrogens (tertiary/aromatic N) is 1. The quantitative estimate of drug-likeness (QED) is 0.775. The van der Waals surface area contributed by atoms with E-state index in [1.165, 1.54) is 17.7 Å². The third-order valence-electron chi connectivity index (χ3n) is 4.01. The Balaban J connectivity index is 1.79. The molecule has 0 aromatic heterocycles. The van der Waals surface area contributed by atoms with Crippen molar-refractivity contribution in [3.63, 3.8) is 0 Å². The number of rotatable bonds is 3. The molecule has 0 spiro atoms. The zero-order valence-electron chi connectivity index (χ0n) is 11.5. The van der Waals surface area contributed by atoms with Gasteiger partial charge < -0.3 is 0 Å². The molecule has 1 fully saturated rings. The lowest BCUT2D eigenvalue weighted by Crippen LogP contribution is -2.23. The summed E-state index contributed by atoms with van der Waals surface area (Å²) in [5.41, 5.74) is 1.73. The third-order valence-corrected chi connectivity index (χ3v) is 4.26. The molecule has 110 valence electrons. The first kappa shape index (κ1) is 14.5. The van der Waals surface area contributed by atoms with Gasteiger partial charge in [0.2, 0.25) is 0 Å². The number of likely N-dealkylation sites (tertiary alicyclic amines) is 1. The van der Waals surface area contributed by atoms with Crippen molar-refractivity contribution in [2.45, 2.75) is 25.4 Å². The van der Waals surface area contributed by atoms with Gasteiger partial charge in [0.05, 0.1) is 0 Å². The van der Waals surface area contributed by atoms with Crippen LogP contribution in [-0.4, -0.2) is 11.4 Å². The minimum Gasteiger partial charge on any atom is -0.292 e. The Hall–Kier alpha value is -1.45. The van der Waals surface area contributed by atoms with Gasteiger partial charge in [0, 0.05) is 29.2 Å². The first-order valence-corrected chi connectivity index (χ1v) is 7.45. The summed E-state index contributed by atoms with van der Waals surface area (Å²) in [6.45, 7) is 1.42. The predicted molar refractivity (Wildman–Crippen MR) is 80.2 cm³/mol. The van der Waals surface area contributed by atoms with Crippen LogP contribution in [0.2, 0.25) is 5.02 Å². The van der Waals surface area contributed by atoms with Gasteiger partial charge >= 0.3 is 0 Å². The average Bonchev–Trinajstić information content (AvgIpc) is 2.91. The fourth-order valence-corrected chi connectivity index (χ4v) is 3.07. The minimum absolute atomic E-state index is 0.270. The highest BCUT2D eigenvalue weighted by Gasteiger charge is 2.26. The van der Waals surface area contributed by atoms with Crippen molar-refractivity contribution in [2.24, 2.45) is 0 Å². The van der Waals surface area contributed by atoms with Crippen molar-refractivity contribution < 1.29 is 8.78 Å². The van der Waals surface area contributed by atoms with Crippen LogP contribution in [0.3, 0.4) is 0 Å². The Morgan fingerprint density at radius 2 is 1.86 bits per heavy atom. The summed E-state index contributed by atoms with van der Waals surface area (Å²) in [6.07, 6.45) is 2.13. The van der Waals surface area contributed by atoms with Gasteiger partial charge in [-0.15, -0.1) is 0 Å². The topological polar surface area (TPSA) is 3.24 Å². The lowest BCUT2D eigenvalue weighted by atomic mass is 10.0. The normalized spacial score (nSPS) is 19.1. The van der Waals surface area contributed by atoms with Crippen LogP contribution in [0.15, 0.2) is 42.5 Å². The molecule has 3 rings (SSSR count). The van der Waals surface area contributed by atoms with E-state index in [0.29, 0.717) is 17.1 Å². The van der Waals surface area contributed by atoms with E-state index in [1.54, 1.807) is 0 Å². The third kappa shape index (κ3) is 3.25. The SMILES string of the molecule is Fc1ccc(CN2CCC[C@@H]2c2ccc(Cl)cc2)c(F)c1. The standard InChI is InChI=1S/C17H16ClF2N/c18-14-6-3-12(4-7-14)17-2-1-9-21(17)11-13-5-8-15(19)10-16(13)20/h3-8,10,17H,1-2,9,11H2/t17-/m1/s1. The Labute approximate surface area is 128 Å². The number of halogens is 3. The van der Waals surface area contributed by atoms with E-state index in [4.69, 9.17) is 11.6 Å². The zero-order valence-corrected chi connectivity index (χ0v) is 12.3. The van der Waals surface area contributed by atoms with E-state index in [1.807, 2.05) is 24.3 Å². The van der Waals surface area contributed by atoms with Crippen molar-refractivity contribution in [2.75, 3.05) is 6.54 Å². The molecule has 0 N–H and O–H groups in total. The molecule has 1 aliphatic rings.